The summed E-state index contributed by atoms with van der Waals surface area (Å²) in [4.78, 5) is 20.2. The summed E-state index contributed by atoms with van der Waals surface area (Å²) in [6.07, 6.45) is 5.13. The van der Waals surface area contributed by atoms with Crippen LogP contribution in [0.5, 0.6) is 0 Å². The van der Waals surface area contributed by atoms with Gasteiger partial charge in [0.15, 0.2) is 5.16 Å². The molecule has 0 aliphatic carbocycles. The summed E-state index contributed by atoms with van der Waals surface area (Å²) in [6.45, 7) is 4.31. The van der Waals surface area contributed by atoms with E-state index in [2.05, 4.69) is 16.9 Å². The van der Waals surface area contributed by atoms with Crippen molar-refractivity contribution in [3.8, 4) is 0 Å². The fourth-order valence-electron chi connectivity index (χ4n) is 1.77. The third-order valence-corrected chi connectivity index (χ3v) is 4.25. The number of halogens is 2. The second-order valence-electron chi connectivity index (χ2n) is 4.50. The van der Waals surface area contributed by atoms with Gasteiger partial charge in [0.05, 0.1) is 6.61 Å². The monoisotopic (exact) mass is 350 g/mol. The number of ether oxygens (including phenoxy) is 1. The van der Waals surface area contributed by atoms with Gasteiger partial charge in [-0.15, -0.1) is 0 Å². The number of carbonyl (C=O) groups is 1. The molecule has 0 radical (unpaired) electrons. The highest BCUT2D eigenvalue weighted by Gasteiger charge is 2.22. The van der Waals surface area contributed by atoms with Crippen molar-refractivity contribution in [2.45, 2.75) is 56.4 Å². The van der Waals surface area contributed by atoms with Crippen molar-refractivity contribution in [3.05, 3.63) is 16.4 Å². The molecule has 0 aromatic carbocycles. The van der Waals surface area contributed by atoms with Gasteiger partial charge in [0.2, 0.25) is 0 Å². The van der Waals surface area contributed by atoms with Crippen LogP contribution >= 0.6 is 35.0 Å². The summed E-state index contributed by atoms with van der Waals surface area (Å²) in [6, 6.07) is 1.47. The van der Waals surface area contributed by atoms with Gasteiger partial charge in [0.1, 0.15) is 15.6 Å². The Bertz CT molecular complexity index is 440. The summed E-state index contributed by atoms with van der Waals surface area (Å²) in [5.74, 6) is -0.237. The van der Waals surface area contributed by atoms with E-state index in [-0.39, 0.29) is 21.5 Å². The molecule has 0 amide bonds. The van der Waals surface area contributed by atoms with E-state index >= 15 is 0 Å². The van der Waals surface area contributed by atoms with Crippen LogP contribution in [0.2, 0.25) is 10.3 Å². The first-order valence-corrected chi connectivity index (χ1v) is 8.73. The Morgan fingerprint density at radius 3 is 2.48 bits per heavy atom. The van der Waals surface area contributed by atoms with Crippen LogP contribution in [0, 0.1) is 0 Å². The highest BCUT2D eigenvalue weighted by atomic mass is 35.5. The summed E-state index contributed by atoms with van der Waals surface area (Å²) in [5, 5.41) is 0.620. The molecule has 1 heterocycles. The van der Waals surface area contributed by atoms with Gasteiger partial charge in [0, 0.05) is 6.07 Å². The number of unbranched alkanes of at least 4 members (excludes halogenated alkanes) is 3. The Balaban J connectivity index is 2.68. The predicted octanol–water partition coefficient (Wildman–Crippen LogP) is 4.78. The number of esters is 1. The third kappa shape index (κ3) is 7.34. The molecular weight excluding hydrogens is 331 g/mol. The van der Waals surface area contributed by atoms with Crippen molar-refractivity contribution < 1.29 is 9.53 Å². The molecule has 1 aromatic rings. The predicted molar refractivity (Wildman–Crippen MR) is 87.1 cm³/mol. The fourth-order valence-corrected chi connectivity index (χ4v) is 3.30. The van der Waals surface area contributed by atoms with Crippen molar-refractivity contribution in [1.29, 1.82) is 0 Å². The van der Waals surface area contributed by atoms with Gasteiger partial charge >= 0.3 is 5.97 Å². The first-order valence-electron chi connectivity index (χ1n) is 7.10. The minimum Gasteiger partial charge on any atom is -0.465 e. The second-order valence-corrected chi connectivity index (χ2v) is 6.45. The molecule has 1 unspecified atom stereocenters. The Hall–Kier alpha value is -0.520. The lowest BCUT2D eigenvalue weighted by molar-refractivity contribution is -0.142. The molecule has 0 saturated heterocycles. The van der Waals surface area contributed by atoms with Gasteiger partial charge < -0.3 is 4.74 Å². The average Bonchev–Trinajstić information content (AvgIpc) is 2.41. The lowest BCUT2D eigenvalue weighted by Gasteiger charge is -2.14. The standard InChI is InChI=1S/C14H20Cl2N2O2S/c1-3-5-6-7-8-10(13(19)20-4-2)21-14-17-11(15)9-12(16)18-14/h9-10H,3-8H2,1-2H3. The number of hydrogen-bond donors (Lipinski definition) is 0. The molecule has 21 heavy (non-hydrogen) atoms. The summed E-state index contributed by atoms with van der Waals surface area (Å²) >= 11 is 13.0. The van der Waals surface area contributed by atoms with Crippen molar-refractivity contribution >= 4 is 40.9 Å². The highest BCUT2D eigenvalue weighted by molar-refractivity contribution is 8.00. The van der Waals surface area contributed by atoms with Crippen LogP contribution in [-0.2, 0) is 9.53 Å². The molecule has 1 rings (SSSR count). The SMILES string of the molecule is CCCCCCC(Sc1nc(Cl)cc(Cl)n1)C(=O)OCC. The Morgan fingerprint density at radius 1 is 1.24 bits per heavy atom. The molecule has 1 atom stereocenters. The lowest BCUT2D eigenvalue weighted by atomic mass is 10.1. The van der Waals surface area contributed by atoms with E-state index in [0.29, 0.717) is 11.8 Å². The first-order chi connectivity index (χ1) is 10.1. The highest BCUT2D eigenvalue weighted by Crippen LogP contribution is 2.27. The van der Waals surface area contributed by atoms with E-state index in [4.69, 9.17) is 27.9 Å². The van der Waals surface area contributed by atoms with Gasteiger partial charge in [0.25, 0.3) is 0 Å². The smallest absolute Gasteiger partial charge is 0.319 e. The Kier molecular flexibility index (Phi) is 9.04. The number of hydrogen-bond acceptors (Lipinski definition) is 5. The molecule has 118 valence electrons. The van der Waals surface area contributed by atoms with E-state index in [0.717, 1.165) is 25.7 Å². The van der Waals surface area contributed by atoms with Crippen molar-refractivity contribution in [3.63, 3.8) is 0 Å². The summed E-state index contributed by atoms with van der Waals surface area (Å²) in [5.41, 5.74) is 0. The van der Waals surface area contributed by atoms with E-state index in [1.165, 1.54) is 24.2 Å². The maximum absolute atomic E-state index is 12.0. The van der Waals surface area contributed by atoms with Gasteiger partial charge in [-0.3, -0.25) is 4.79 Å². The van der Waals surface area contributed by atoms with E-state index in [1.54, 1.807) is 6.92 Å². The second kappa shape index (κ2) is 10.2. The van der Waals surface area contributed by atoms with Crippen LogP contribution in [0.3, 0.4) is 0 Å². The van der Waals surface area contributed by atoms with Crippen molar-refractivity contribution in [2.75, 3.05) is 6.61 Å². The third-order valence-electron chi connectivity index (χ3n) is 2.76. The molecule has 0 saturated carbocycles. The molecule has 0 fully saturated rings. The van der Waals surface area contributed by atoms with Crippen molar-refractivity contribution in [2.24, 2.45) is 0 Å². The van der Waals surface area contributed by atoms with E-state index in [1.807, 2.05) is 0 Å². The zero-order valence-corrected chi connectivity index (χ0v) is 14.6. The maximum Gasteiger partial charge on any atom is 0.319 e. The van der Waals surface area contributed by atoms with Gasteiger partial charge in [-0.25, -0.2) is 9.97 Å². The topological polar surface area (TPSA) is 52.1 Å². The molecule has 0 bridgehead atoms. The molecular formula is C14H20Cl2N2O2S. The maximum atomic E-state index is 12.0. The van der Waals surface area contributed by atoms with Crippen LogP contribution < -0.4 is 0 Å². The number of thioether (sulfide) groups is 1. The molecule has 0 spiro atoms. The number of nitrogens with zero attached hydrogens (tertiary/aromatic N) is 2. The fraction of sp³-hybridized carbons (Fsp3) is 0.643. The molecule has 7 heteroatoms. The minimum absolute atomic E-state index is 0.237. The summed E-state index contributed by atoms with van der Waals surface area (Å²) < 4.78 is 5.11. The van der Waals surface area contributed by atoms with Crippen molar-refractivity contribution in [1.82, 2.24) is 9.97 Å². The minimum atomic E-state index is -0.323. The Labute approximate surface area is 140 Å². The van der Waals surface area contributed by atoms with Crippen LogP contribution in [0.15, 0.2) is 11.2 Å². The first kappa shape index (κ1) is 18.5. The number of carbonyl (C=O) groups excluding carboxylic acids is 1. The molecule has 0 aliphatic rings. The lowest BCUT2D eigenvalue weighted by Crippen LogP contribution is -2.20. The normalized spacial score (nSPS) is 12.2. The molecule has 1 aromatic heterocycles. The zero-order chi connectivity index (χ0) is 15.7. The van der Waals surface area contributed by atoms with Gasteiger partial charge in [-0.1, -0.05) is 67.6 Å². The molecule has 0 N–H and O–H groups in total. The van der Waals surface area contributed by atoms with E-state index < -0.39 is 0 Å². The molecule has 0 aliphatic heterocycles. The van der Waals surface area contributed by atoms with E-state index in [9.17, 15) is 4.79 Å². The van der Waals surface area contributed by atoms with Crippen LogP contribution in [-0.4, -0.2) is 27.8 Å². The zero-order valence-electron chi connectivity index (χ0n) is 12.3. The summed E-state index contributed by atoms with van der Waals surface area (Å²) in [7, 11) is 0. The number of rotatable bonds is 9. The largest absolute Gasteiger partial charge is 0.465 e. The van der Waals surface area contributed by atoms with Crippen LogP contribution in [0.1, 0.15) is 46.0 Å². The Morgan fingerprint density at radius 2 is 1.90 bits per heavy atom. The molecule has 4 nitrogen and oxygen atoms in total. The van der Waals surface area contributed by atoms with Gasteiger partial charge in [-0.05, 0) is 13.3 Å². The average molecular weight is 351 g/mol. The number of aromatic nitrogens is 2. The van der Waals surface area contributed by atoms with Crippen LogP contribution in [0.25, 0.3) is 0 Å². The quantitative estimate of drug-likeness (QED) is 0.211. The van der Waals surface area contributed by atoms with Gasteiger partial charge in [-0.2, -0.15) is 0 Å². The van der Waals surface area contributed by atoms with Crippen LogP contribution in [0.4, 0.5) is 0 Å².